The van der Waals surface area contributed by atoms with E-state index in [1.807, 2.05) is 54.3 Å². The summed E-state index contributed by atoms with van der Waals surface area (Å²) in [6, 6.07) is 22.5. The highest BCUT2D eigenvalue weighted by Gasteiger charge is 2.27. The molecule has 5 rings (SSSR count). The second kappa shape index (κ2) is 13.1. The van der Waals surface area contributed by atoms with Crippen molar-refractivity contribution >= 4 is 17.3 Å². The molecule has 2 fully saturated rings. The second-order valence-corrected chi connectivity index (χ2v) is 11.2. The van der Waals surface area contributed by atoms with Crippen LogP contribution >= 0.6 is 0 Å². The van der Waals surface area contributed by atoms with Crippen LogP contribution in [0.1, 0.15) is 43.7 Å². The van der Waals surface area contributed by atoms with Crippen LogP contribution in [0.15, 0.2) is 54.6 Å². The average molecular weight is 562 g/mol. The molecule has 0 unspecified atom stereocenters. The molecule has 2 saturated heterocycles. The number of nitriles is 2. The Hall–Kier alpha value is -4.37. The zero-order valence-electron chi connectivity index (χ0n) is 24.6. The van der Waals surface area contributed by atoms with Gasteiger partial charge in [0.15, 0.2) is 0 Å². The van der Waals surface area contributed by atoms with Gasteiger partial charge in [-0.15, -0.1) is 0 Å². The van der Waals surface area contributed by atoms with Crippen LogP contribution in [0, 0.1) is 36.5 Å². The molecular formula is C34H39N7O. The van der Waals surface area contributed by atoms with Crippen LogP contribution in [-0.4, -0.2) is 74.6 Å². The van der Waals surface area contributed by atoms with Gasteiger partial charge in [-0.05, 0) is 73.3 Å². The topological polar surface area (TPSA) is 104 Å². The predicted octanol–water partition coefficient (Wildman–Crippen LogP) is 3.83. The van der Waals surface area contributed by atoms with Gasteiger partial charge >= 0.3 is 0 Å². The number of nitrogens with zero attached hydrogens (tertiary/aromatic N) is 6. The van der Waals surface area contributed by atoms with Gasteiger partial charge in [0, 0.05) is 64.5 Å². The van der Waals surface area contributed by atoms with Gasteiger partial charge in [0.25, 0.3) is 5.91 Å². The number of benzene rings is 3. The number of piperazine rings is 2. The van der Waals surface area contributed by atoms with Crippen LogP contribution in [0.2, 0.25) is 0 Å². The van der Waals surface area contributed by atoms with E-state index in [-0.39, 0.29) is 5.91 Å². The molecule has 0 saturated carbocycles. The molecule has 2 N–H and O–H groups in total. The van der Waals surface area contributed by atoms with E-state index in [2.05, 4.69) is 45.9 Å². The van der Waals surface area contributed by atoms with Crippen molar-refractivity contribution < 1.29 is 4.79 Å². The van der Waals surface area contributed by atoms with E-state index in [0.29, 0.717) is 38.3 Å². The minimum atomic E-state index is 0.0714. The van der Waals surface area contributed by atoms with E-state index in [4.69, 9.17) is 5.73 Å². The summed E-state index contributed by atoms with van der Waals surface area (Å²) in [5.41, 5.74) is 14.4. The number of carbonyl (C=O) groups is 1. The van der Waals surface area contributed by atoms with Crippen LogP contribution in [-0.2, 0) is 13.0 Å². The van der Waals surface area contributed by atoms with Crippen molar-refractivity contribution in [1.82, 2.24) is 9.80 Å². The fourth-order valence-corrected chi connectivity index (χ4v) is 6.25. The molecule has 1 amide bonds. The van der Waals surface area contributed by atoms with Gasteiger partial charge in [0.2, 0.25) is 0 Å². The van der Waals surface area contributed by atoms with Crippen LogP contribution in [0.3, 0.4) is 0 Å². The molecule has 2 heterocycles. The number of hydrogen-bond donors (Lipinski definition) is 1. The molecular weight excluding hydrogens is 522 g/mol. The lowest BCUT2D eigenvalue weighted by Crippen LogP contribution is -2.49. The predicted molar refractivity (Wildman–Crippen MR) is 167 cm³/mol. The molecule has 216 valence electrons. The maximum Gasteiger partial charge on any atom is 0.254 e. The van der Waals surface area contributed by atoms with Crippen LogP contribution in [0.25, 0.3) is 0 Å². The van der Waals surface area contributed by atoms with E-state index in [9.17, 15) is 15.3 Å². The quantitative estimate of drug-likeness (QED) is 0.468. The standard InChI is InChI=1S/C34H39N7O/c1-25-20-26(2)31(21-30(25)24-38-12-14-39(15-13-38)32-9-4-3-6-28(32)22-36)34(42)41-18-16-40(17-19-41)33-27(10-11-35)7-5-8-29(33)23-37/h3-9,20-21H,10-19,24,35H2,1-2H3. The Balaban J connectivity index is 1.24. The summed E-state index contributed by atoms with van der Waals surface area (Å²) in [7, 11) is 0. The molecule has 8 heteroatoms. The smallest absolute Gasteiger partial charge is 0.254 e. The summed E-state index contributed by atoms with van der Waals surface area (Å²) in [5.74, 6) is 0.0714. The average Bonchev–Trinajstić information content (AvgIpc) is 3.02. The van der Waals surface area contributed by atoms with Gasteiger partial charge < -0.3 is 20.4 Å². The number of rotatable bonds is 7. The molecule has 8 nitrogen and oxygen atoms in total. The largest absolute Gasteiger partial charge is 0.368 e. The fourth-order valence-electron chi connectivity index (χ4n) is 6.25. The maximum atomic E-state index is 13.8. The minimum Gasteiger partial charge on any atom is -0.368 e. The highest BCUT2D eigenvalue weighted by Crippen LogP contribution is 2.28. The Bertz CT molecular complexity index is 1520. The third-order valence-corrected chi connectivity index (χ3v) is 8.58. The van der Waals surface area contributed by atoms with E-state index in [1.54, 1.807) is 0 Å². The van der Waals surface area contributed by atoms with Crippen molar-refractivity contribution in [2.45, 2.75) is 26.8 Å². The summed E-state index contributed by atoms with van der Waals surface area (Å²) < 4.78 is 0. The Morgan fingerprint density at radius 1 is 0.786 bits per heavy atom. The summed E-state index contributed by atoms with van der Waals surface area (Å²) >= 11 is 0. The molecule has 0 aliphatic carbocycles. The Morgan fingerprint density at radius 3 is 2.14 bits per heavy atom. The molecule has 0 aromatic heterocycles. The summed E-state index contributed by atoms with van der Waals surface area (Å²) in [5, 5.41) is 19.2. The number of nitrogens with two attached hydrogens (primary N) is 1. The second-order valence-electron chi connectivity index (χ2n) is 11.2. The van der Waals surface area contributed by atoms with E-state index < -0.39 is 0 Å². The monoisotopic (exact) mass is 561 g/mol. The van der Waals surface area contributed by atoms with Crippen LogP contribution in [0.4, 0.5) is 11.4 Å². The van der Waals surface area contributed by atoms with Crippen LogP contribution in [0.5, 0.6) is 0 Å². The summed E-state index contributed by atoms with van der Waals surface area (Å²) in [4.78, 5) is 22.7. The third-order valence-electron chi connectivity index (χ3n) is 8.58. The number of carbonyl (C=O) groups excluding carboxylic acids is 1. The van der Waals surface area contributed by atoms with Gasteiger partial charge in [0.05, 0.1) is 22.5 Å². The number of amides is 1. The van der Waals surface area contributed by atoms with Gasteiger partial charge in [-0.3, -0.25) is 9.69 Å². The molecule has 0 spiro atoms. The van der Waals surface area contributed by atoms with Crippen molar-refractivity contribution in [3.05, 3.63) is 93.5 Å². The molecule has 3 aromatic carbocycles. The molecule has 2 aliphatic rings. The van der Waals surface area contributed by atoms with E-state index >= 15 is 0 Å². The van der Waals surface area contributed by atoms with Crippen molar-refractivity contribution in [1.29, 1.82) is 10.5 Å². The molecule has 0 bridgehead atoms. The lowest BCUT2D eigenvalue weighted by atomic mass is 9.98. The number of anilines is 2. The molecule has 2 aliphatic heterocycles. The summed E-state index contributed by atoms with van der Waals surface area (Å²) in [6.45, 7) is 11.6. The van der Waals surface area contributed by atoms with Gasteiger partial charge in [-0.25, -0.2) is 0 Å². The fraction of sp³-hybridized carbons (Fsp3) is 0.382. The highest BCUT2D eigenvalue weighted by molar-refractivity contribution is 5.96. The lowest BCUT2D eigenvalue weighted by Gasteiger charge is -2.38. The first-order valence-corrected chi connectivity index (χ1v) is 14.8. The zero-order chi connectivity index (χ0) is 29.6. The molecule has 42 heavy (non-hydrogen) atoms. The third kappa shape index (κ3) is 6.11. The van der Waals surface area contributed by atoms with Crippen molar-refractivity contribution in [2.24, 2.45) is 5.73 Å². The first kappa shape index (κ1) is 29.1. The first-order valence-electron chi connectivity index (χ1n) is 14.8. The normalized spacial score (nSPS) is 15.8. The van der Waals surface area contributed by atoms with Crippen LogP contribution < -0.4 is 15.5 Å². The van der Waals surface area contributed by atoms with E-state index in [1.165, 1.54) is 11.1 Å². The lowest BCUT2D eigenvalue weighted by molar-refractivity contribution is 0.0745. The molecule has 0 radical (unpaired) electrons. The maximum absolute atomic E-state index is 13.8. The zero-order valence-corrected chi connectivity index (χ0v) is 24.6. The minimum absolute atomic E-state index is 0.0714. The Kier molecular flexibility index (Phi) is 9.07. The van der Waals surface area contributed by atoms with Gasteiger partial charge in [-0.1, -0.05) is 30.3 Å². The van der Waals surface area contributed by atoms with Crippen molar-refractivity contribution in [2.75, 3.05) is 68.7 Å². The molecule has 3 aromatic rings. The first-order chi connectivity index (χ1) is 20.4. The number of para-hydroxylation sites is 2. The summed E-state index contributed by atoms with van der Waals surface area (Å²) in [6.07, 6.45) is 0.720. The van der Waals surface area contributed by atoms with E-state index in [0.717, 1.165) is 72.8 Å². The highest BCUT2D eigenvalue weighted by atomic mass is 16.2. The van der Waals surface area contributed by atoms with Crippen molar-refractivity contribution in [3.8, 4) is 12.1 Å². The van der Waals surface area contributed by atoms with Gasteiger partial charge in [-0.2, -0.15) is 10.5 Å². The Labute approximate surface area is 249 Å². The SMILES string of the molecule is Cc1cc(C)c(C(=O)N2CCN(c3c(C#N)cccc3CCN)CC2)cc1CN1CCN(c2ccccc2C#N)CC1. The Morgan fingerprint density at radius 2 is 1.45 bits per heavy atom. The number of hydrogen-bond acceptors (Lipinski definition) is 7. The van der Waals surface area contributed by atoms with Gasteiger partial charge in [0.1, 0.15) is 12.1 Å². The number of aryl methyl sites for hydroxylation is 2. The molecule has 0 atom stereocenters. The van der Waals surface area contributed by atoms with Crippen molar-refractivity contribution in [3.63, 3.8) is 0 Å².